The number of nitrogens with one attached hydrogen (secondary N) is 1. The first-order valence-electron chi connectivity index (χ1n) is 7.89. The Morgan fingerprint density at radius 1 is 1.26 bits per heavy atom. The molecule has 1 aromatic carbocycles. The van der Waals surface area contributed by atoms with E-state index in [2.05, 4.69) is 23.7 Å². The fraction of sp³-hybridized carbons (Fsp3) is 0.333. The quantitative estimate of drug-likeness (QED) is 0.938. The number of amides is 2. The van der Waals surface area contributed by atoms with Crippen LogP contribution in [0.1, 0.15) is 40.2 Å². The molecule has 0 fully saturated rings. The SMILES string of the molecule is CC[C@@H]1c2ccsc2CCN1C(=O)CNC(=O)c1ccccc1. The van der Waals surface area contributed by atoms with Gasteiger partial charge in [0.1, 0.15) is 0 Å². The summed E-state index contributed by atoms with van der Waals surface area (Å²) in [4.78, 5) is 27.9. The minimum Gasteiger partial charge on any atom is -0.343 e. The van der Waals surface area contributed by atoms with Gasteiger partial charge in [-0.3, -0.25) is 9.59 Å². The molecule has 2 heterocycles. The van der Waals surface area contributed by atoms with Crippen molar-refractivity contribution in [2.75, 3.05) is 13.1 Å². The number of nitrogens with zero attached hydrogens (tertiary/aromatic N) is 1. The van der Waals surface area contributed by atoms with Crippen molar-refractivity contribution in [2.24, 2.45) is 0 Å². The van der Waals surface area contributed by atoms with Gasteiger partial charge in [0.15, 0.2) is 0 Å². The molecule has 4 nitrogen and oxygen atoms in total. The number of hydrogen-bond donors (Lipinski definition) is 1. The van der Waals surface area contributed by atoms with Crippen molar-refractivity contribution in [3.8, 4) is 0 Å². The van der Waals surface area contributed by atoms with Crippen molar-refractivity contribution < 1.29 is 9.59 Å². The Kier molecular flexibility index (Phi) is 4.76. The molecule has 0 spiro atoms. The predicted molar refractivity (Wildman–Crippen MR) is 91.5 cm³/mol. The molecule has 2 amide bonds. The molecule has 1 N–H and O–H groups in total. The molecule has 0 saturated heterocycles. The third-order valence-corrected chi connectivity index (χ3v) is 5.23. The van der Waals surface area contributed by atoms with Crippen LogP contribution < -0.4 is 5.32 Å². The highest BCUT2D eigenvalue weighted by atomic mass is 32.1. The van der Waals surface area contributed by atoms with Crippen LogP contribution in [-0.2, 0) is 11.2 Å². The molecular formula is C18H20N2O2S. The Morgan fingerprint density at radius 2 is 2.04 bits per heavy atom. The number of benzene rings is 1. The minimum atomic E-state index is -0.208. The van der Waals surface area contributed by atoms with Crippen LogP contribution in [0.25, 0.3) is 0 Å². The monoisotopic (exact) mass is 328 g/mol. The van der Waals surface area contributed by atoms with Gasteiger partial charge < -0.3 is 10.2 Å². The fourth-order valence-corrected chi connectivity index (χ4v) is 4.01. The van der Waals surface area contributed by atoms with Gasteiger partial charge in [0.25, 0.3) is 5.91 Å². The van der Waals surface area contributed by atoms with E-state index in [4.69, 9.17) is 0 Å². The van der Waals surface area contributed by atoms with Gasteiger partial charge in [0.05, 0.1) is 12.6 Å². The smallest absolute Gasteiger partial charge is 0.251 e. The summed E-state index contributed by atoms with van der Waals surface area (Å²) in [5.74, 6) is -0.224. The normalized spacial score (nSPS) is 16.7. The van der Waals surface area contributed by atoms with Crippen LogP contribution in [0.4, 0.5) is 0 Å². The van der Waals surface area contributed by atoms with E-state index < -0.39 is 0 Å². The maximum Gasteiger partial charge on any atom is 0.251 e. The van der Waals surface area contributed by atoms with Crippen LogP contribution in [0, 0.1) is 0 Å². The molecule has 0 saturated carbocycles. The zero-order valence-electron chi connectivity index (χ0n) is 13.1. The third kappa shape index (κ3) is 3.29. The van der Waals surface area contributed by atoms with Crippen LogP contribution in [-0.4, -0.2) is 29.8 Å². The van der Waals surface area contributed by atoms with Crippen molar-refractivity contribution in [3.05, 3.63) is 57.8 Å². The largest absolute Gasteiger partial charge is 0.343 e. The predicted octanol–water partition coefficient (Wildman–Crippen LogP) is 3.01. The Balaban J connectivity index is 1.63. The number of hydrogen-bond acceptors (Lipinski definition) is 3. The second-order valence-electron chi connectivity index (χ2n) is 5.61. The van der Waals surface area contributed by atoms with E-state index in [0.29, 0.717) is 5.56 Å². The molecule has 0 radical (unpaired) electrons. The summed E-state index contributed by atoms with van der Waals surface area (Å²) < 4.78 is 0. The van der Waals surface area contributed by atoms with Gasteiger partial charge in [0, 0.05) is 17.0 Å². The Morgan fingerprint density at radius 3 is 2.78 bits per heavy atom. The number of thiophene rings is 1. The molecule has 3 rings (SSSR count). The fourth-order valence-electron chi connectivity index (χ4n) is 3.08. The maximum absolute atomic E-state index is 12.5. The van der Waals surface area contributed by atoms with Gasteiger partial charge in [-0.25, -0.2) is 0 Å². The van der Waals surface area contributed by atoms with Crippen molar-refractivity contribution >= 4 is 23.2 Å². The summed E-state index contributed by atoms with van der Waals surface area (Å²) >= 11 is 1.77. The van der Waals surface area contributed by atoms with Gasteiger partial charge in [-0.1, -0.05) is 25.1 Å². The molecule has 5 heteroatoms. The zero-order valence-corrected chi connectivity index (χ0v) is 13.9. The molecule has 0 bridgehead atoms. The highest BCUT2D eigenvalue weighted by Crippen LogP contribution is 2.35. The van der Waals surface area contributed by atoms with Crippen LogP contribution in [0.3, 0.4) is 0 Å². The summed E-state index contributed by atoms with van der Waals surface area (Å²) in [5, 5.41) is 4.83. The standard InChI is InChI=1S/C18H20N2O2S/c1-2-15-14-9-11-23-16(14)8-10-20(15)17(21)12-19-18(22)13-6-4-3-5-7-13/h3-7,9,11,15H,2,8,10,12H2,1H3,(H,19,22)/t15-/m1/s1. The molecule has 0 unspecified atom stereocenters. The lowest BCUT2D eigenvalue weighted by molar-refractivity contribution is -0.133. The number of rotatable bonds is 4. The Labute approximate surface area is 140 Å². The van der Waals surface area contributed by atoms with Crippen molar-refractivity contribution in [3.63, 3.8) is 0 Å². The molecule has 1 atom stereocenters. The van der Waals surface area contributed by atoms with E-state index in [1.165, 1.54) is 10.4 Å². The van der Waals surface area contributed by atoms with Gasteiger partial charge in [-0.05, 0) is 42.0 Å². The highest BCUT2D eigenvalue weighted by molar-refractivity contribution is 7.10. The van der Waals surface area contributed by atoms with Crippen LogP contribution in [0.5, 0.6) is 0 Å². The molecule has 23 heavy (non-hydrogen) atoms. The zero-order chi connectivity index (χ0) is 16.2. The van der Waals surface area contributed by atoms with Gasteiger partial charge in [-0.2, -0.15) is 0 Å². The number of carbonyl (C=O) groups excluding carboxylic acids is 2. The maximum atomic E-state index is 12.5. The minimum absolute atomic E-state index is 0.0158. The van der Waals surface area contributed by atoms with Crippen molar-refractivity contribution in [1.82, 2.24) is 10.2 Å². The van der Waals surface area contributed by atoms with Crippen LogP contribution in [0.2, 0.25) is 0 Å². The van der Waals surface area contributed by atoms with E-state index in [9.17, 15) is 9.59 Å². The van der Waals surface area contributed by atoms with E-state index in [-0.39, 0.29) is 24.4 Å². The summed E-state index contributed by atoms with van der Waals surface area (Å²) in [6.07, 6.45) is 1.80. The molecular weight excluding hydrogens is 308 g/mol. The highest BCUT2D eigenvalue weighted by Gasteiger charge is 2.30. The van der Waals surface area contributed by atoms with Crippen molar-refractivity contribution in [2.45, 2.75) is 25.8 Å². The average molecular weight is 328 g/mol. The Bertz CT molecular complexity index is 696. The first-order valence-corrected chi connectivity index (χ1v) is 8.77. The first kappa shape index (κ1) is 15.7. The second-order valence-corrected chi connectivity index (χ2v) is 6.61. The molecule has 1 aromatic heterocycles. The number of fused-ring (bicyclic) bond motifs is 1. The van der Waals surface area contributed by atoms with Crippen LogP contribution >= 0.6 is 11.3 Å². The topological polar surface area (TPSA) is 49.4 Å². The summed E-state index contributed by atoms with van der Waals surface area (Å²) in [6, 6.07) is 11.2. The lowest BCUT2D eigenvalue weighted by Crippen LogP contribution is -2.44. The van der Waals surface area contributed by atoms with Gasteiger partial charge in [0.2, 0.25) is 5.91 Å². The lowest BCUT2D eigenvalue weighted by atomic mass is 9.98. The van der Waals surface area contributed by atoms with E-state index in [1.54, 1.807) is 23.5 Å². The number of carbonyl (C=O) groups is 2. The molecule has 2 aromatic rings. The lowest BCUT2D eigenvalue weighted by Gasteiger charge is -2.35. The third-order valence-electron chi connectivity index (χ3n) is 4.24. The first-order chi connectivity index (χ1) is 11.2. The average Bonchev–Trinajstić information content (AvgIpc) is 3.07. The summed E-state index contributed by atoms with van der Waals surface area (Å²) in [5.41, 5.74) is 1.84. The van der Waals surface area contributed by atoms with E-state index in [0.717, 1.165) is 19.4 Å². The van der Waals surface area contributed by atoms with Crippen LogP contribution in [0.15, 0.2) is 41.8 Å². The molecule has 1 aliphatic rings. The van der Waals surface area contributed by atoms with Gasteiger partial charge in [-0.15, -0.1) is 11.3 Å². The van der Waals surface area contributed by atoms with E-state index in [1.807, 2.05) is 23.1 Å². The molecule has 1 aliphatic heterocycles. The van der Waals surface area contributed by atoms with Gasteiger partial charge >= 0.3 is 0 Å². The van der Waals surface area contributed by atoms with Crippen molar-refractivity contribution in [1.29, 1.82) is 0 Å². The summed E-state index contributed by atoms with van der Waals surface area (Å²) in [7, 11) is 0. The van der Waals surface area contributed by atoms with E-state index >= 15 is 0 Å². The summed E-state index contributed by atoms with van der Waals surface area (Å²) in [6.45, 7) is 2.87. The Hall–Kier alpha value is -2.14. The molecule has 120 valence electrons. The second kappa shape index (κ2) is 6.96. The molecule has 0 aliphatic carbocycles.